The van der Waals surface area contributed by atoms with E-state index in [0.29, 0.717) is 5.69 Å². The average Bonchev–Trinajstić information content (AvgIpc) is 2.52. The molecule has 2 N–H and O–H groups in total. The van der Waals surface area contributed by atoms with Crippen LogP contribution in [0.25, 0.3) is 0 Å². The van der Waals surface area contributed by atoms with Gasteiger partial charge in [-0.2, -0.15) is 8.78 Å². The largest absolute Gasteiger partial charge is 0.477 e. The molecule has 0 atom stereocenters. The monoisotopic (exact) mass is 190 g/mol. The average molecular weight is 190 g/mol. The van der Waals surface area contributed by atoms with Crippen LogP contribution in [-0.4, -0.2) is 27.0 Å². The van der Waals surface area contributed by atoms with Crippen LogP contribution in [0.3, 0.4) is 0 Å². The number of halogens is 2. The Morgan fingerprint density at radius 1 is 1.69 bits per heavy atom. The Balaban J connectivity index is 2.47. The molecule has 0 aliphatic rings. The van der Waals surface area contributed by atoms with Crippen LogP contribution in [-0.2, 0) is 11.2 Å². The Labute approximate surface area is 72.6 Å². The van der Waals surface area contributed by atoms with Gasteiger partial charge >= 0.3 is 11.9 Å². The molecule has 0 aliphatic heterocycles. The summed E-state index contributed by atoms with van der Waals surface area (Å²) in [6, 6.07) is 0. The number of H-pyrrole nitrogens is 1. The molecule has 72 valence electrons. The number of nitrogens with one attached hydrogen (secondary N) is 1. The highest BCUT2D eigenvalue weighted by Crippen LogP contribution is 2.20. The van der Waals surface area contributed by atoms with Gasteiger partial charge in [0.15, 0.2) is 0 Å². The van der Waals surface area contributed by atoms with Crippen molar-refractivity contribution in [1.82, 2.24) is 9.97 Å². The standard InChI is InChI=1S/C7H8F2N2O2/c8-7(9,6(12)13)2-1-5-3-10-4-11-5/h3-4H,1-2H2,(H,10,11)(H,12,13). The van der Waals surface area contributed by atoms with E-state index in [1.165, 1.54) is 12.5 Å². The number of alkyl halides is 2. The summed E-state index contributed by atoms with van der Waals surface area (Å²) >= 11 is 0. The Bertz CT molecular complexity index is 285. The zero-order valence-corrected chi connectivity index (χ0v) is 6.63. The molecule has 0 bridgehead atoms. The number of aliphatic carboxylic acids is 1. The van der Waals surface area contributed by atoms with E-state index >= 15 is 0 Å². The second-order valence-corrected chi connectivity index (χ2v) is 2.59. The molecule has 0 aromatic carbocycles. The van der Waals surface area contributed by atoms with Crippen LogP contribution in [0.4, 0.5) is 8.78 Å². The van der Waals surface area contributed by atoms with Crippen LogP contribution < -0.4 is 0 Å². The lowest BCUT2D eigenvalue weighted by Gasteiger charge is -2.09. The molecular weight excluding hydrogens is 182 g/mol. The molecule has 6 heteroatoms. The van der Waals surface area contributed by atoms with E-state index in [1.807, 2.05) is 0 Å². The van der Waals surface area contributed by atoms with E-state index in [4.69, 9.17) is 5.11 Å². The molecule has 0 spiro atoms. The minimum atomic E-state index is -3.66. The first kappa shape index (κ1) is 9.63. The number of rotatable bonds is 4. The van der Waals surface area contributed by atoms with E-state index in [1.54, 1.807) is 0 Å². The summed E-state index contributed by atoms with van der Waals surface area (Å²) in [5.41, 5.74) is 0.501. The van der Waals surface area contributed by atoms with Gasteiger partial charge in [-0.1, -0.05) is 0 Å². The van der Waals surface area contributed by atoms with Crippen molar-refractivity contribution in [3.8, 4) is 0 Å². The summed E-state index contributed by atoms with van der Waals surface area (Å²) in [5, 5.41) is 8.09. The number of hydrogen-bond donors (Lipinski definition) is 2. The van der Waals surface area contributed by atoms with E-state index in [2.05, 4.69) is 9.97 Å². The predicted octanol–water partition coefficient (Wildman–Crippen LogP) is 1.06. The first-order valence-electron chi connectivity index (χ1n) is 3.61. The molecule has 0 saturated heterocycles. The molecule has 1 aromatic heterocycles. The number of imidazole rings is 1. The summed E-state index contributed by atoms with van der Waals surface area (Å²) < 4.78 is 25.0. The molecule has 1 rings (SSSR count). The van der Waals surface area contributed by atoms with Gasteiger partial charge in [-0.25, -0.2) is 9.78 Å². The van der Waals surface area contributed by atoms with Gasteiger partial charge in [0.2, 0.25) is 0 Å². The fourth-order valence-corrected chi connectivity index (χ4v) is 0.820. The lowest BCUT2D eigenvalue weighted by Crippen LogP contribution is -2.28. The maximum Gasteiger partial charge on any atom is 0.374 e. The van der Waals surface area contributed by atoms with Crippen molar-refractivity contribution >= 4 is 5.97 Å². The molecule has 0 unspecified atom stereocenters. The van der Waals surface area contributed by atoms with Crippen LogP contribution in [0.2, 0.25) is 0 Å². The van der Waals surface area contributed by atoms with Gasteiger partial charge in [0, 0.05) is 18.3 Å². The fraction of sp³-hybridized carbons (Fsp3) is 0.429. The zero-order valence-electron chi connectivity index (χ0n) is 6.63. The maximum atomic E-state index is 12.5. The summed E-state index contributed by atoms with van der Waals surface area (Å²) in [6.45, 7) is 0. The molecule has 0 amide bonds. The molecule has 13 heavy (non-hydrogen) atoms. The normalized spacial score (nSPS) is 11.5. The third-order valence-electron chi connectivity index (χ3n) is 1.58. The first-order chi connectivity index (χ1) is 6.02. The minimum absolute atomic E-state index is 0.0285. The predicted molar refractivity (Wildman–Crippen MR) is 39.5 cm³/mol. The molecule has 0 aliphatic carbocycles. The number of carboxylic acid groups (broad SMARTS) is 1. The van der Waals surface area contributed by atoms with Gasteiger partial charge in [0.05, 0.1) is 6.33 Å². The number of carbonyl (C=O) groups is 1. The quantitative estimate of drug-likeness (QED) is 0.746. The highest BCUT2D eigenvalue weighted by Gasteiger charge is 2.38. The smallest absolute Gasteiger partial charge is 0.374 e. The zero-order chi connectivity index (χ0) is 9.90. The second-order valence-electron chi connectivity index (χ2n) is 2.59. The van der Waals surface area contributed by atoms with Crippen molar-refractivity contribution in [3.05, 3.63) is 18.2 Å². The number of aromatic nitrogens is 2. The topological polar surface area (TPSA) is 66.0 Å². The minimum Gasteiger partial charge on any atom is -0.477 e. The van der Waals surface area contributed by atoms with E-state index in [-0.39, 0.29) is 6.42 Å². The number of carboxylic acids is 1. The third-order valence-corrected chi connectivity index (χ3v) is 1.58. The van der Waals surface area contributed by atoms with Gasteiger partial charge in [-0.05, 0) is 6.42 Å². The van der Waals surface area contributed by atoms with Crippen molar-refractivity contribution in [2.75, 3.05) is 0 Å². The summed E-state index contributed by atoms with van der Waals surface area (Å²) in [5.74, 6) is -5.75. The van der Waals surface area contributed by atoms with Crippen LogP contribution in [0.15, 0.2) is 12.5 Å². The Kier molecular flexibility index (Phi) is 2.60. The van der Waals surface area contributed by atoms with E-state index in [0.717, 1.165) is 0 Å². The van der Waals surface area contributed by atoms with Crippen molar-refractivity contribution in [3.63, 3.8) is 0 Å². The van der Waals surface area contributed by atoms with Crippen molar-refractivity contribution < 1.29 is 18.7 Å². The fourth-order valence-electron chi connectivity index (χ4n) is 0.820. The van der Waals surface area contributed by atoms with Gasteiger partial charge in [-0.15, -0.1) is 0 Å². The van der Waals surface area contributed by atoms with Crippen molar-refractivity contribution in [2.45, 2.75) is 18.8 Å². The number of aryl methyl sites for hydroxylation is 1. The molecule has 1 aromatic rings. The molecule has 1 heterocycles. The number of aromatic amines is 1. The van der Waals surface area contributed by atoms with Gasteiger partial charge in [-0.3, -0.25) is 0 Å². The van der Waals surface area contributed by atoms with Crippen LogP contribution in [0, 0.1) is 0 Å². The third kappa shape index (κ3) is 2.50. The maximum absolute atomic E-state index is 12.5. The van der Waals surface area contributed by atoms with Crippen LogP contribution in [0.1, 0.15) is 12.1 Å². The summed E-state index contributed by atoms with van der Waals surface area (Å²) in [7, 11) is 0. The van der Waals surface area contributed by atoms with E-state index in [9.17, 15) is 13.6 Å². The first-order valence-corrected chi connectivity index (χ1v) is 3.61. The Morgan fingerprint density at radius 2 is 2.38 bits per heavy atom. The van der Waals surface area contributed by atoms with E-state index < -0.39 is 18.3 Å². The SMILES string of the molecule is O=C(O)C(F)(F)CCc1cnc[nH]1. The van der Waals surface area contributed by atoms with Crippen molar-refractivity contribution in [2.24, 2.45) is 0 Å². The number of nitrogens with zero attached hydrogens (tertiary/aromatic N) is 1. The highest BCUT2D eigenvalue weighted by atomic mass is 19.3. The number of hydrogen-bond acceptors (Lipinski definition) is 2. The molecule has 0 saturated carbocycles. The van der Waals surface area contributed by atoms with Gasteiger partial charge in [0.25, 0.3) is 0 Å². The molecular formula is C7H8F2N2O2. The highest BCUT2D eigenvalue weighted by molar-refractivity contribution is 5.75. The van der Waals surface area contributed by atoms with Crippen molar-refractivity contribution in [1.29, 1.82) is 0 Å². The molecule has 0 fully saturated rings. The Morgan fingerprint density at radius 3 is 2.85 bits per heavy atom. The van der Waals surface area contributed by atoms with Crippen LogP contribution in [0.5, 0.6) is 0 Å². The second kappa shape index (κ2) is 3.51. The van der Waals surface area contributed by atoms with Crippen LogP contribution >= 0.6 is 0 Å². The summed E-state index contributed by atoms with van der Waals surface area (Å²) in [6.07, 6.45) is 2.00. The Hall–Kier alpha value is -1.46. The summed E-state index contributed by atoms with van der Waals surface area (Å²) in [4.78, 5) is 16.2. The lowest BCUT2D eigenvalue weighted by molar-refractivity contribution is -0.165. The lowest BCUT2D eigenvalue weighted by atomic mass is 10.1. The molecule has 0 radical (unpaired) electrons. The van der Waals surface area contributed by atoms with Gasteiger partial charge in [0.1, 0.15) is 0 Å². The van der Waals surface area contributed by atoms with Gasteiger partial charge < -0.3 is 10.1 Å². The molecule has 4 nitrogen and oxygen atoms in total.